The summed E-state index contributed by atoms with van der Waals surface area (Å²) < 4.78 is 0. The highest BCUT2D eigenvalue weighted by Crippen LogP contribution is 2.39. The Morgan fingerprint density at radius 2 is 1.95 bits per heavy atom. The fourth-order valence-corrected chi connectivity index (χ4v) is 3.81. The highest BCUT2D eigenvalue weighted by molar-refractivity contribution is 6.34. The first-order valence-electron chi connectivity index (χ1n) is 7.06. The molecule has 2 rings (SSSR count). The first kappa shape index (κ1) is 15.1. The van der Waals surface area contributed by atoms with E-state index in [0.717, 1.165) is 11.5 Å². The molecular weight excluding hydrogens is 279 g/mol. The molecule has 1 aliphatic rings. The van der Waals surface area contributed by atoms with E-state index in [1.54, 1.807) is 6.07 Å². The van der Waals surface area contributed by atoms with Gasteiger partial charge >= 0.3 is 0 Å². The number of nitrogens with one attached hydrogen (secondary N) is 1. The van der Waals surface area contributed by atoms with Gasteiger partial charge in [0, 0.05) is 16.1 Å². The predicted octanol–water partition coefficient (Wildman–Crippen LogP) is 4.71. The zero-order valence-corrected chi connectivity index (χ0v) is 12.8. The molecule has 1 saturated carbocycles. The summed E-state index contributed by atoms with van der Waals surface area (Å²) in [5.74, 6) is 7.18. The summed E-state index contributed by atoms with van der Waals surface area (Å²) in [5.41, 5.74) is 4.07. The Balaban J connectivity index is 2.18. The molecule has 0 bridgehead atoms. The molecule has 0 saturated heterocycles. The van der Waals surface area contributed by atoms with Crippen LogP contribution in [0.5, 0.6) is 0 Å². The maximum absolute atomic E-state index is 6.09. The predicted molar refractivity (Wildman–Crippen MR) is 82.3 cm³/mol. The molecule has 3 atom stereocenters. The Hall–Kier alpha value is -0.280. The average molecular weight is 301 g/mol. The Bertz CT molecular complexity index is 402. The van der Waals surface area contributed by atoms with Gasteiger partial charge in [-0.1, -0.05) is 49.4 Å². The zero-order valence-electron chi connectivity index (χ0n) is 11.3. The van der Waals surface area contributed by atoms with Crippen LogP contribution in [0.15, 0.2) is 18.2 Å². The Morgan fingerprint density at radius 1 is 1.26 bits per heavy atom. The number of halogens is 2. The van der Waals surface area contributed by atoms with Gasteiger partial charge in [0.25, 0.3) is 0 Å². The molecule has 19 heavy (non-hydrogen) atoms. The minimum Gasteiger partial charge on any atom is -0.271 e. The van der Waals surface area contributed by atoms with Crippen LogP contribution in [0, 0.1) is 11.8 Å². The van der Waals surface area contributed by atoms with Gasteiger partial charge in [0.2, 0.25) is 0 Å². The number of hydrogen-bond acceptors (Lipinski definition) is 2. The van der Waals surface area contributed by atoms with Gasteiger partial charge in [0.15, 0.2) is 0 Å². The molecule has 0 amide bonds. The largest absolute Gasteiger partial charge is 0.271 e. The second-order valence-corrected chi connectivity index (χ2v) is 6.42. The van der Waals surface area contributed by atoms with E-state index in [1.807, 2.05) is 12.1 Å². The molecule has 0 aromatic heterocycles. The van der Waals surface area contributed by atoms with Crippen LogP contribution in [-0.2, 0) is 0 Å². The van der Waals surface area contributed by atoms with Crippen molar-refractivity contribution in [1.29, 1.82) is 0 Å². The Morgan fingerprint density at radius 3 is 2.53 bits per heavy atom. The summed E-state index contributed by atoms with van der Waals surface area (Å²) in [4.78, 5) is 0. The zero-order chi connectivity index (χ0) is 13.8. The number of hydrogen-bond donors (Lipinski definition) is 2. The lowest BCUT2D eigenvalue weighted by molar-refractivity contribution is 0.210. The molecule has 2 nitrogen and oxygen atoms in total. The summed E-state index contributed by atoms with van der Waals surface area (Å²) in [7, 11) is 0. The average Bonchev–Trinajstić information content (AvgIpc) is 2.39. The number of hydrazine groups is 1. The van der Waals surface area contributed by atoms with Gasteiger partial charge in [-0.3, -0.25) is 11.3 Å². The number of benzene rings is 1. The van der Waals surface area contributed by atoms with Crippen molar-refractivity contribution in [3.05, 3.63) is 33.8 Å². The van der Waals surface area contributed by atoms with Crippen molar-refractivity contribution >= 4 is 23.2 Å². The maximum atomic E-state index is 6.09. The van der Waals surface area contributed by atoms with Crippen molar-refractivity contribution in [3.63, 3.8) is 0 Å². The van der Waals surface area contributed by atoms with E-state index in [1.165, 1.54) is 32.1 Å². The van der Waals surface area contributed by atoms with E-state index >= 15 is 0 Å². The van der Waals surface area contributed by atoms with Crippen LogP contribution >= 0.6 is 23.2 Å². The Labute approximate surface area is 125 Å². The maximum Gasteiger partial charge on any atom is 0.0489 e. The van der Waals surface area contributed by atoms with Crippen LogP contribution in [0.4, 0.5) is 0 Å². The molecule has 1 aromatic rings. The topological polar surface area (TPSA) is 38.0 Å². The van der Waals surface area contributed by atoms with E-state index in [4.69, 9.17) is 29.0 Å². The second-order valence-electron chi connectivity index (χ2n) is 5.55. The van der Waals surface area contributed by atoms with Gasteiger partial charge in [-0.2, -0.15) is 0 Å². The van der Waals surface area contributed by atoms with Crippen LogP contribution in [0.3, 0.4) is 0 Å². The summed E-state index contributed by atoms with van der Waals surface area (Å²) >= 11 is 12.2. The lowest BCUT2D eigenvalue weighted by Gasteiger charge is -2.34. The minimum atomic E-state index is 0.144. The summed E-state index contributed by atoms with van der Waals surface area (Å²) in [6.45, 7) is 2.27. The third-order valence-electron chi connectivity index (χ3n) is 4.30. The standard InChI is InChI=1S/C15H22Cl2N2/c1-2-10-4-3-5-11(6-10)15(19-18)12-7-13(16)9-14(17)8-12/h7-11,15,19H,2-6,18H2,1H3. The van der Waals surface area contributed by atoms with Gasteiger partial charge in [0.05, 0.1) is 0 Å². The Kier molecular flexibility index (Phi) is 5.52. The third kappa shape index (κ3) is 3.85. The third-order valence-corrected chi connectivity index (χ3v) is 4.73. The summed E-state index contributed by atoms with van der Waals surface area (Å²) in [5, 5.41) is 1.34. The van der Waals surface area contributed by atoms with Crippen LogP contribution in [0.2, 0.25) is 10.0 Å². The van der Waals surface area contributed by atoms with Crippen molar-refractivity contribution in [2.75, 3.05) is 0 Å². The molecule has 1 aromatic carbocycles. The SMILES string of the molecule is CCC1CCCC(C(NN)c2cc(Cl)cc(Cl)c2)C1. The molecule has 0 aliphatic heterocycles. The van der Waals surface area contributed by atoms with Gasteiger partial charge in [-0.05, 0) is 48.4 Å². The molecule has 0 radical (unpaired) electrons. The molecule has 4 heteroatoms. The minimum absolute atomic E-state index is 0.144. The quantitative estimate of drug-likeness (QED) is 0.624. The van der Waals surface area contributed by atoms with Crippen LogP contribution in [0.25, 0.3) is 0 Å². The van der Waals surface area contributed by atoms with Crippen molar-refractivity contribution < 1.29 is 0 Å². The first-order valence-corrected chi connectivity index (χ1v) is 7.81. The molecule has 106 valence electrons. The van der Waals surface area contributed by atoms with Crippen molar-refractivity contribution in [1.82, 2.24) is 5.43 Å². The summed E-state index contributed by atoms with van der Waals surface area (Å²) in [6, 6.07) is 5.84. The lowest BCUT2D eigenvalue weighted by Crippen LogP contribution is -2.35. The van der Waals surface area contributed by atoms with E-state index in [-0.39, 0.29) is 6.04 Å². The first-order chi connectivity index (χ1) is 9.13. The van der Waals surface area contributed by atoms with Crippen LogP contribution in [-0.4, -0.2) is 0 Å². The van der Waals surface area contributed by atoms with Gasteiger partial charge in [-0.25, -0.2) is 0 Å². The molecule has 3 unspecified atom stereocenters. The fraction of sp³-hybridized carbons (Fsp3) is 0.600. The van der Waals surface area contributed by atoms with E-state index in [2.05, 4.69) is 12.3 Å². The molecular formula is C15H22Cl2N2. The van der Waals surface area contributed by atoms with E-state index < -0.39 is 0 Å². The molecule has 0 heterocycles. The number of rotatable bonds is 4. The van der Waals surface area contributed by atoms with Crippen LogP contribution in [0.1, 0.15) is 50.6 Å². The smallest absolute Gasteiger partial charge is 0.0489 e. The highest BCUT2D eigenvalue weighted by atomic mass is 35.5. The van der Waals surface area contributed by atoms with Crippen molar-refractivity contribution in [2.24, 2.45) is 17.7 Å². The van der Waals surface area contributed by atoms with Gasteiger partial charge in [-0.15, -0.1) is 0 Å². The fourth-order valence-electron chi connectivity index (χ4n) is 3.27. The van der Waals surface area contributed by atoms with Crippen molar-refractivity contribution in [3.8, 4) is 0 Å². The lowest BCUT2D eigenvalue weighted by atomic mass is 9.75. The van der Waals surface area contributed by atoms with E-state index in [0.29, 0.717) is 16.0 Å². The molecule has 3 N–H and O–H groups in total. The van der Waals surface area contributed by atoms with Gasteiger partial charge < -0.3 is 0 Å². The van der Waals surface area contributed by atoms with Crippen molar-refractivity contribution in [2.45, 2.75) is 45.1 Å². The second kappa shape index (κ2) is 6.94. The van der Waals surface area contributed by atoms with E-state index in [9.17, 15) is 0 Å². The normalized spacial score (nSPS) is 25.3. The summed E-state index contributed by atoms with van der Waals surface area (Å²) in [6.07, 6.45) is 6.34. The van der Waals surface area contributed by atoms with Gasteiger partial charge in [0.1, 0.15) is 0 Å². The van der Waals surface area contributed by atoms with Crippen LogP contribution < -0.4 is 11.3 Å². The highest BCUT2D eigenvalue weighted by Gasteiger charge is 2.28. The molecule has 0 spiro atoms. The molecule has 1 aliphatic carbocycles. The monoisotopic (exact) mass is 300 g/mol. The number of nitrogens with two attached hydrogens (primary N) is 1. The molecule has 1 fully saturated rings.